The second-order valence-corrected chi connectivity index (χ2v) is 5.47. The van der Waals surface area contributed by atoms with Crippen molar-refractivity contribution in [1.29, 1.82) is 0 Å². The Morgan fingerprint density at radius 2 is 2.00 bits per heavy atom. The van der Waals surface area contributed by atoms with E-state index in [2.05, 4.69) is 22.0 Å². The lowest BCUT2D eigenvalue weighted by molar-refractivity contribution is -0.137. The molecule has 0 fully saturated rings. The number of hydrogen-bond donors (Lipinski definition) is 1. The Hall–Kier alpha value is -0.480. The van der Waals surface area contributed by atoms with Gasteiger partial charge in [0.05, 0.1) is 0 Å². The van der Waals surface area contributed by atoms with Crippen LogP contribution in [0.15, 0.2) is 33.6 Å². The summed E-state index contributed by atoms with van der Waals surface area (Å²) in [6.45, 7) is 0. The van der Waals surface area contributed by atoms with E-state index in [1.54, 1.807) is 0 Å². The summed E-state index contributed by atoms with van der Waals surface area (Å²) in [6.07, 6.45) is 3.13. The lowest BCUT2D eigenvalue weighted by atomic mass is 10.2. The number of hydrogen-bond acceptors (Lipinski definition) is 2. The predicted molar refractivity (Wildman–Crippen MR) is 71.0 cm³/mol. The Kier molecular flexibility index (Phi) is 6.57. The summed E-state index contributed by atoms with van der Waals surface area (Å²) in [5, 5.41) is 8.47. The summed E-state index contributed by atoms with van der Waals surface area (Å²) in [5.41, 5.74) is 0. The molecule has 1 rings (SSSR count). The van der Waals surface area contributed by atoms with Crippen molar-refractivity contribution in [3.05, 3.63) is 28.7 Å². The molecule has 0 amide bonds. The minimum Gasteiger partial charge on any atom is -0.481 e. The molecule has 4 heteroatoms. The van der Waals surface area contributed by atoms with Gasteiger partial charge in [0.25, 0.3) is 0 Å². The molecule has 0 radical (unpaired) electrons. The van der Waals surface area contributed by atoms with Gasteiger partial charge in [-0.25, -0.2) is 0 Å². The Bertz CT molecular complexity index is 342. The van der Waals surface area contributed by atoms with E-state index in [-0.39, 0.29) is 0 Å². The maximum atomic E-state index is 10.3. The molecule has 0 saturated heterocycles. The van der Waals surface area contributed by atoms with E-state index in [1.807, 2.05) is 30.0 Å². The van der Waals surface area contributed by atoms with Crippen molar-refractivity contribution in [2.75, 3.05) is 5.75 Å². The molecule has 88 valence electrons. The van der Waals surface area contributed by atoms with E-state index in [9.17, 15) is 4.79 Å². The molecule has 1 aromatic rings. The van der Waals surface area contributed by atoms with Crippen LogP contribution in [0.25, 0.3) is 0 Å². The first-order chi connectivity index (χ1) is 7.70. The minimum atomic E-state index is -0.696. The lowest BCUT2D eigenvalue weighted by Gasteiger charge is -2.03. The Balaban J connectivity index is 2.12. The molecule has 0 atom stereocenters. The second-order valence-electron chi connectivity index (χ2n) is 3.48. The number of carboxylic acid groups (broad SMARTS) is 1. The van der Waals surface area contributed by atoms with Crippen LogP contribution in [0.2, 0.25) is 0 Å². The maximum absolute atomic E-state index is 10.3. The number of halogens is 1. The molecule has 0 saturated carbocycles. The normalized spacial score (nSPS) is 10.3. The van der Waals surface area contributed by atoms with Crippen LogP contribution in [0.1, 0.15) is 25.7 Å². The zero-order valence-electron chi connectivity index (χ0n) is 8.99. The SMILES string of the molecule is O=C(O)CCCCCSc1ccccc1Br. The summed E-state index contributed by atoms with van der Waals surface area (Å²) in [7, 11) is 0. The average molecular weight is 303 g/mol. The van der Waals surface area contributed by atoms with Crippen molar-refractivity contribution in [2.24, 2.45) is 0 Å². The number of thioether (sulfide) groups is 1. The summed E-state index contributed by atoms with van der Waals surface area (Å²) in [4.78, 5) is 11.5. The van der Waals surface area contributed by atoms with Gasteiger partial charge in [-0.1, -0.05) is 18.6 Å². The van der Waals surface area contributed by atoms with Crippen molar-refractivity contribution >= 4 is 33.7 Å². The fraction of sp³-hybridized carbons (Fsp3) is 0.417. The standard InChI is InChI=1S/C12H15BrO2S/c13-10-6-3-4-7-11(10)16-9-5-1-2-8-12(14)15/h3-4,6-7H,1-2,5,8-9H2,(H,14,15). The first-order valence-electron chi connectivity index (χ1n) is 5.29. The zero-order chi connectivity index (χ0) is 11.8. The van der Waals surface area contributed by atoms with E-state index in [4.69, 9.17) is 5.11 Å². The summed E-state index contributed by atoms with van der Waals surface area (Å²) >= 11 is 5.31. The third-order valence-electron chi connectivity index (χ3n) is 2.13. The largest absolute Gasteiger partial charge is 0.481 e. The van der Waals surface area contributed by atoms with Crippen LogP contribution in [-0.2, 0) is 4.79 Å². The highest BCUT2D eigenvalue weighted by molar-refractivity contribution is 9.10. The van der Waals surface area contributed by atoms with Crippen LogP contribution in [-0.4, -0.2) is 16.8 Å². The quantitative estimate of drug-likeness (QED) is 0.606. The maximum Gasteiger partial charge on any atom is 0.303 e. The molecule has 0 heterocycles. The molecule has 16 heavy (non-hydrogen) atoms. The molecule has 1 aromatic carbocycles. The van der Waals surface area contributed by atoms with E-state index in [0.29, 0.717) is 6.42 Å². The van der Waals surface area contributed by atoms with Crippen molar-refractivity contribution in [3.8, 4) is 0 Å². The fourth-order valence-electron chi connectivity index (χ4n) is 1.30. The molecule has 0 bridgehead atoms. The third-order valence-corrected chi connectivity index (χ3v) is 4.24. The Labute approximate surface area is 109 Å². The minimum absolute atomic E-state index is 0.291. The molecule has 2 nitrogen and oxygen atoms in total. The molecule has 0 unspecified atom stereocenters. The van der Waals surface area contributed by atoms with Crippen molar-refractivity contribution in [1.82, 2.24) is 0 Å². The molecule has 0 spiro atoms. The highest BCUT2D eigenvalue weighted by atomic mass is 79.9. The van der Waals surface area contributed by atoms with Crippen molar-refractivity contribution in [2.45, 2.75) is 30.6 Å². The van der Waals surface area contributed by atoms with Gasteiger partial charge in [0.2, 0.25) is 0 Å². The molecule has 0 aromatic heterocycles. The summed E-state index contributed by atoms with van der Waals surface area (Å²) < 4.78 is 1.13. The van der Waals surface area contributed by atoms with Crippen molar-refractivity contribution in [3.63, 3.8) is 0 Å². The van der Waals surface area contributed by atoms with E-state index in [1.165, 1.54) is 4.90 Å². The van der Waals surface area contributed by atoms with Crippen LogP contribution >= 0.6 is 27.7 Å². The predicted octanol–water partition coefficient (Wildman–Crippen LogP) is 4.19. The van der Waals surface area contributed by atoms with Crippen LogP contribution in [0.3, 0.4) is 0 Å². The molecule has 0 aliphatic rings. The summed E-state index contributed by atoms with van der Waals surface area (Å²) in [6, 6.07) is 8.15. The van der Waals surface area contributed by atoms with Gasteiger partial charge in [-0.3, -0.25) is 4.79 Å². The van der Waals surface area contributed by atoms with E-state index >= 15 is 0 Å². The van der Waals surface area contributed by atoms with Gasteiger partial charge in [-0.15, -0.1) is 11.8 Å². The van der Waals surface area contributed by atoms with Crippen LogP contribution < -0.4 is 0 Å². The molecule has 0 aliphatic carbocycles. The van der Waals surface area contributed by atoms with Gasteiger partial charge in [-0.05, 0) is 46.7 Å². The summed E-state index contributed by atoms with van der Waals surface area (Å²) in [5.74, 6) is 0.348. The van der Waals surface area contributed by atoms with Gasteiger partial charge in [0.1, 0.15) is 0 Å². The second kappa shape index (κ2) is 7.74. The smallest absolute Gasteiger partial charge is 0.303 e. The third kappa shape index (κ3) is 5.56. The Morgan fingerprint density at radius 1 is 1.25 bits per heavy atom. The highest BCUT2D eigenvalue weighted by Gasteiger charge is 2.00. The first-order valence-corrected chi connectivity index (χ1v) is 7.07. The number of rotatable bonds is 7. The number of unbranched alkanes of at least 4 members (excludes halogenated alkanes) is 2. The highest BCUT2D eigenvalue weighted by Crippen LogP contribution is 2.27. The van der Waals surface area contributed by atoms with E-state index in [0.717, 1.165) is 29.5 Å². The van der Waals surface area contributed by atoms with Gasteiger partial charge in [0, 0.05) is 15.8 Å². The fourth-order valence-corrected chi connectivity index (χ4v) is 2.88. The monoisotopic (exact) mass is 302 g/mol. The number of carbonyl (C=O) groups is 1. The van der Waals surface area contributed by atoms with Crippen molar-refractivity contribution < 1.29 is 9.90 Å². The molecule has 0 aliphatic heterocycles. The van der Waals surface area contributed by atoms with Crippen LogP contribution in [0, 0.1) is 0 Å². The van der Waals surface area contributed by atoms with Crippen LogP contribution in [0.4, 0.5) is 0 Å². The first kappa shape index (κ1) is 13.6. The van der Waals surface area contributed by atoms with E-state index < -0.39 is 5.97 Å². The average Bonchev–Trinajstić information content (AvgIpc) is 2.25. The molecular formula is C12H15BrO2S. The van der Waals surface area contributed by atoms with Gasteiger partial charge >= 0.3 is 5.97 Å². The molecule has 1 N–H and O–H groups in total. The Morgan fingerprint density at radius 3 is 2.69 bits per heavy atom. The number of benzene rings is 1. The van der Waals surface area contributed by atoms with Crippen LogP contribution in [0.5, 0.6) is 0 Å². The zero-order valence-corrected chi connectivity index (χ0v) is 11.4. The van der Waals surface area contributed by atoms with Gasteiger partial charge < -0.3 is 5.11 Å². The van der Waals surface area contributed by atoms with Gasteiger partial charge in [0.15, 0.2) is 0 Å². The lowest BCUT2D eigenvalue weighted by Crippen LogP contribution is -1.93. The van der Waals surface area contributed by atoms with Gasteiger partial charge in [-0.2, -0.15) is 0 Å². The number of carboxylic acids is 1. The number of aliphatic carboxylic acids is 1. The molecular weight excluding hydrogens is 288 g/mol. The topological polar surface area (TPSA) is 37.3 Å².